The van der Waals surface area contributed by atoms with Gasteiger partial charge in [-0.3, -0.25) is 9.69 Å². The van der Waals surface area contributed by atoms with E-state index in [1.807, 2.05) is 17.0 Å². The number of hydrogen-bond donors (Lipinski definition) is 0. The van der Waals surface area contributed by atoms with Crippen LogP contribution < -0.4 is 0 Å². The molecule has 2 aliphatic heterocycles. The van der Waals surface area contributed by atoms with Crippen LogP contribution in [0.3, 0.4) is 0 Å². The third-order valence-corrected chi connectivity index (χ3v) is 4.46. The Balaban J connectivity index is 1.55. The number of nitrogens with zero attached hydrogens (tertiary/aromatic N) is 2. The highest BCUT2D eigenvalue weighted by Crippen LogP contribution is 2.17. The molecule has 0 N–H and O–H groups in total. The first-order valence-electron chi connectivity index (χ1n) is 8.10. The first-order chi connectivity index (χ1) is 10.7. The van der Waals surface area contributed by atoms with Crippen LogP contribution >= 0.6 is 0 Å². The van der Waals surface area contributed by atoms with Crippen molar-refractivity contribution >= 4 is 5.91 Å². The summed E-state index contributed by atoms with van der Waals surface area (Å²) >= 11 is 0. The maximum Gasteiger partial charge on any atom is 0.251 e. The predicted molar refractivity (Wildman–Crippen MR) is 81.8 cm³/mol. The third-order valence-electron chi connectivity index (χ3n) is 4.46. The summed E-state index contributed by atoms with van der Waals surface area (Å²) in [5.74, 6) is -0.0238. The first-order valence-corrected chi connectivity index (χ1v) is 8.10. The van der Waals surface area contributed by atoms with Crippen LogP contribution in [0.25, 0.3) is 0 Å². The van der Waals surface area contributed by atoms with Gasteiger partial charge >= 0.3 is 0 Å². The predicted octanol–water partition coefficient (Wildman–Crippen LogP) is 2.04. The van der Waals surface area contributed by atoms with E-state index in [0.29, 0.717) is 19.7 Å². The molecular formula is C17H23FN2O2. The number of halogens is 1. The van der Waals surface area contributed by atoms with Crippen LogP contribution in [0.1, 0.15) is 24.8 Å². The van der Waals surface area contributed by atoms with E-state index >= 15 is 0 Å². The van der Waals surface area contributed by atoms with Crippen LogP contribution in [0.5, 0.6) is 0 Å². The zero-order valence-corrected chi connectivity index (χ0v) is 12.8. The lowest BCUT2D eigenvalue weighted by atomic mass is 10.2. The lowest BCUT2D eigenvalue weighted by Gasteiger charge is -2.24. The first kappa shape index (κ1) is 15.4. The van der Waals surface area contributed by atoms with Crippen molar-refractivity contribution in [1.82, 2.24) is 9.80 Å². The Morgan fingerprint density at radius 3 is 2.82 bits per heavy atom. The smallest absolute Gasteiger partial charge is 0.251 e. The fourth-order valence-corrected chi connectivity index (χ4v) is 3.19. The zero-order valence-electron chi connectivity index (χ0n) is 12.8. The summed E-state index contributed by atoms with van der Waals surface area (Å²) in [6.45, 7) is 4.45. The van der Waals surface area contributed by atoms with E-state index < -0.39 is 0 Å². The summed E-state index contributed by atoms with van der Waals surface area (Å²) < 4.78 is 19.2. The molecule has 0 bridgehead atoms. The van der Waals surface area contributed by atoms with Crippen LogP contribution in [0, 0.1) is 5.82 Å². The second-order valence-electron chi connectivity index (χ2n) is 6.05. The van der Waals surface area contributed by atoms with Crippen molar-refractivity contribution in [2.24, 2.45) is 0 Å². The number of ether oxygens (including phenoxy) is 1. The number of rotatable bonds is 3. The molecule has 4 nitrogen and oxygen atoms in total. The molecule has 22 heavy (non-hydrogen) atoms. The molecule has 1 amide bonds. The van der Waals surface area contributed by atoms with Gasteiger partial charge in [0.15, 0.2) is 0 Å². The Bertz CT molecular complexity index is 517. The fourth-order valence-electron chi connectivity index (χ4n) is 3.19. The minimum Gasteiger partial charge on any atom is -0.368 e. The summed E-state index contributed by atoms with van der Waals surface area (Å²) in [7, 11) is 0. The van der Waals surface area contributed by atoms with E-state index in [-0.39, 0.29) is 17.8 Å². The van der Waals surface area contributed by atoms with E-state index in [9.17, 15) is 9.18 Å². The minimum absolute atomic E-state index is 0.130. The SMILES string of the molecule is O=C(C1CCCO1)N1CCCN(Cc2ccccc2F)CC1. The standard InChI is InChI=1S/C17H23FN2O2/c18-15-6-2-1-5-14(15)13-19-8-4-9-20(11-10-19)17(21)16-7-3-12-22-16/h1-2,5-6,16H,3-4,7-13H2. The highest BCUT2D eigenvalue weighted by atomic mass is 19.1. The second kappa shape index (κ2) is 7.20. The van der Waals surface area contributed by atoms with Gasteiger partial charge in [0, 0.05) is 44.9 Å². The van der Waals surface area contributed by atoms with Crippen molar-refractivity contribution in [1.29, 1.82) is 0 Å². The molecule has 2 aliphatic rings. The second-order valence-corrected chi connectivity index (χ2v) is 6.05. The normalized spacial score (nSPS) is 23.5. The highest BCUT2D eigenvalue weighted by Gasteiger charge is 2.29. The van der Waals surface area contributed by atoms with E-state index in [0.717, 1.165) is 44.5 Å². The summed E-state index contributed by atoms with van der Waals surface area (Å²) in [5.41, 5.74) is 0.724. The fraction of sp³-hybridized carbons (Fsp3) is 0.588. The summed E-state index contributed by atoms with van der Waals surface area (Å²) in [6, 6.07) is 6.91. The summed E-state index contributed by atoms with van der Waals surface area (Å²) in [6.07, 6.45) is 2.50. The van der Waals surface area contributed by atoms with Gasteiger partial charge in [-0.25, -0.2) is 4.39 Å². The van der Waals surface area contributed by atoms with E-state index in [1.54, 1.807) is 6.07 Å². The van der Waals surface area contributed by atoms with Crippen LogP contribution in [0.4, 0.5) is 4.39 Å². The number of hydrogen-bond acceptors (Lipinski definition) is 3. The lowest BCUT2D eigenvalue weighted by Crippen LogP contribution is -2.41. The molecule has 0 spiro atoms. The van der Waals surface area contributed by atoms with Crippen molar-refractivity contribution in [3.63, 3.8) is 0 Å². The number of carbonyl (C=O) groups is 1. The molecule has 5 heteroatoms. The largest absolute Gasteiger partial charge is 0.368 e. The molecule has 0 aliphatic carbocycles. The molecule has 1 aromatic carbocycles. The molecule has 1 atom stereocenters. The Morgan fingerprint density at radius 2 is 2.05 bits per heavy atom. The molecule has 2 saturated heterocycles. The maximum absolute atomic E-state index is 13.7. The Labute approximate surface area is 130 Å². The highest BCUT2D eigenvalue weighted by molar-refractivity contribution is 5.81. The van der Waals surface area contributed by atoms with Gasteiger partial charge in [0.25, 0.3) is 5.91 Å². The van der Waals surface area contributed by atoms with Gasteiger partial charge < -0.3 is 9.64 Å². The molecule has 0 radical (unpaired) electrons. The van der Waals surface area contributed by atoms with E-state index in [4.69, 9.17) is 4.74 Å². The average Bonchev–Trinajstić information content (AvgIpc) is 2.96. The lowest BCUT2D eigenvalue weighted by molar-refractivity contribution is -0.140. The van der Waals surface area contributed by atoms with Gasteiger partial charge in [0.05, 0.1) is 0 Å². The molecule has 1 aromatic rings. The number of benzene rings is 1. The van der Waals surface area contributed by atoms with Crippen molar-refractivity contribution < 1.29 is 13.9 Å². The molecule has 120 valence electrons. The number of amides is 1. The Hall–Kier alpha value is -1.46. The van der Waals surface area contributed by atoms with Crippen LogP contribution in [0.2, 0.25) is 0 Å². The zero-order chi connectivity index (χ0) is 15.4. The van der Waals surface area contributed by atoms with E-state index in [2.05, 4.69) is 4.90 Å². The van der Waals surface area contributed by atoms with Crippen molar-refractivity contribution in [3.05, 3.63) is 35.6 Å². The summed E-state index contributed by atoms with van der Waals surface area (Å²) in [4.78, 5) is 16.5. The van der Waals surface area contributed by atoms with E-state index in [1.165, 1.54) is 6.07 Å². The minimum atomic E-state index is -0.238. The Morgan fingerprint density at radius 1 is 1.18 bits per heavy atom. The summed E-state index contributed by atoms with van der Waals surface area (Å²) in [5, 5.41) is 0. The topological polar surface area (TPSA) is 32.8 Å². The quantitative estimate of drug-likeness (QED) is 0.857. The molecule has 0 saturated carbocycles. The third kappa shape index (κ3) is 3.65. The Kier molecular flexibility index (Phi) is 5.05. The van der Waals surface area contributed by atoms with Gasteiger partial charge in [-0.15, -0.1) is 0 Å². The van der Waals surface area contributed by atoms with Gasteiger partial charge in [-0.1, -0.05) is 18.2 Å². The molecule has 0 aromatic heterocycles. The molecular weight excluding hydrogens is 283 g/mol. The average molecular weight is 306 g/mol. The van der Waals surface area contributed by atoms with Crippen molar-refractivity contribution in [3.8, 4) is 0 Å². The van der Waals surface area contributed by atoms with Gasteiger partial charge in [0.2, 0.25) is 0 Å². The molecule has 2 fully saturated rings. The molecule has 1 unspecified atom stereocenters. The number of carbonyl (C=O) groups excluding carboxylic acids is 1. The van der Waals surface area contributed by atoms with Crippen LogP contribution in [0.15, 0.2) is 24.3 Å². The van der Waals surface area contributed by atoms with Gasteiger partial charge in [-0.2, -0.15) is 0 Å². The monoisotopic (exact) mass is 306 g/mol. The van der Waals surface area contributed by atoms with Gasteiger partial charge in [0.1, 0.15) is 11.9 Å². The van der Waals surface area contributed by atoms with Crippen LogP contribution in [-0.4, -0.2) is 54.6 Å². The van der Waals surface area contributed by atoms with Crippen molar-refractivity contribution in [2.75, 3.05) is 32.8 Å². The molecule has 3 rings (SSSR count). The van der Waals surface area contributed by atoms with Crippen molar-refractivity contribution in [2.45, 2.75) is 31.9 Å². The van der Waals surface area contributed by atoms with Crippen LogP contribution in [-0.2, 0) is 16.1 Å². The van der Waals surface area contributed by atoms with Gasteiger partial charge in [-0.05, 0) is 25.3 Å². The molecule has 2 heterocycles. The maximum atomic E-state index is 13.7.